The fourth-order valence-corrected chi connectivity index (χ4v) is 1.64. The van der Waals surface area contributed by atoms with Gasteiger partial charge in [0.25, 0.3) is 0 Å². The summed E-state index contributed by atoms with van der Waals surface area (Å²) >= 11 is 0. The van der Waals surface area contributed by atoms with Crippen molar-refractivity contribution in [1.29, 1.82) is 0 Å². The summed E-state index contributed by atoms with van der Waals surface area (Å²) in [6.07, 6.45) is 0. The van der Waals surface area contributed by atoms with Gasteiger partial charge < -0.3 is 14.8 Å². The highest BCUT2D eigenvalue weighted by Crippen LogP contribution is 2.16. The lowest BCUT2D eigenvalue weighted by Gasteiger charge is -2.19. The number of carbonyl (C=O) groups is 2. The van der Waals surface area contributed by atoms with E-state index in [1.54, 1.807) is 13.0 Å². The standard InChI is InChI=1S/C13H20N2O4/c1-7(2)14-12(16)9(4)15-8(3)10-5-6-11(19-10)13(17)18/h5-9,15H,1-4H3,(H,14,16)(H,17,18). The lowest BCUT2D eigenvalue weighted by molar-refractivity contribution is -0.123. The monoisotopic (exact) mass is 268 g/mol. The average molecular weight is 268 g/mol. The van der Waals surface area contributed by atoms with Crippen molar-refractivity contribution in [3.05, 3.63) is 23.7 Å². The van der Waals surface area contributed by atoms with E-state index in [4.69, 9.17) is 9.52 Å². The summed E-state index contributed by atoms with van der Waals surface area (Å²) in [7, 11) is 0. The van der Waals surface area contributed by atoms with Crippen molar-refractivity contribution >= 4 is 11.9 Å². The molecule has 0 fully saturated rings. The first-order chi connectivity index (χ1) is 8.81. The molecule has 6 nitrogen and oxygen atoms in total. The van der Waals surface area contributed by atoms with Crippen LogP contribution in [0.3, 0.4) is 0 Å². The predicted molar refractivity (Wildman–Crippen MR) is 70.0 cm³/mol. The van der Waals surface area contributed by atoms with Gasteiger partial charge in [-0.15, -0.1) is 0 Å². The van der Waals surface area contributed by atoms with Gasteiger partial charge >= 0.3 is 5.97 Å². The molecule has 19 heavy (non-hydrogen) atoms. The Bertz CT molecular complexity index is 453. The number of carboxylic acid groups (broad SMARTS) is 1. The molecule has 1 rings (SSSR count). The largest absolute Gasteiger partial charge is 0.475 e. The van der Waals surface area contributed by atoms with Gasteiger partial charge in [0.1, 0.15) is 5.76 Å². The van der Waals surface area contributed by atoms with Crippen molar-refractivity contribution in [1.82, 2.24) is 10.6 Å². The second kappa shape index (κ2) is 6.38. The number of rotatable bonds is 6. The number of carboxylic acids is 1. The van der Waals surface area contributed by atoms with Crippen LogP contribution in [-0.4, -0.2) is 29.1 Å². The first-order valence-electron chi connectivity index (χ1n) is 6.20. The van der Waals surface area contributed by atoms with E-state index in [1.807, 2.05) is 20.8 Å². The van der Waals surface area contributed by atoms with E-state index in [1.165, 1.54) is 6.07 Å². The molecule has 0 bridgehead atoms. The molecule has 2 atom stereocenters. The highest BCUT2D eigenvalue weighted by molar-refractivity contribution is 5.84. The van der Waals surface area contributed by atoms with Crippen molar-refractivity contribution in [2.45, 2.75) is 45.8 Å². The van der Waals surface area contributed by atoms with Crippen LogP contribution in [0.25, 0.3) is 0 Å². The van der Waals surface area contributed by atoms with Gasteiger partial charge in [-0.2, -0.15) is 0 Å². The van der Waals surface area contributed by atoms with Crippen LogP contribution in [-0.2, 0) is 4.79 Å². The summed E-state index contributed by atoms with van der Waals surface area (Å²) in [5.41, 5.74) is 0. The fourth-order valence-electron chi connectivity index (χ4n) is 1.64. The molecule has 106 valence electrons. The first kappa shape index (κ1) is 15.2. The number of carbonyl (C=O) groups excluding carboxylic acids is 1. The number of furan rings is 1. The third-order valence-corrected chi connectivity index (χ3v) is 2.59. The van der Waals surface area contributed by atoms with Crippen LogP contribution in [0.5, 0.6) is 0 Å². The quantitative estimate of drug-likeness (QED) is 0.728. The molecular formula is C13H20N2O4. The van der Waals surface area contributed by atoms with Gasteiger partial charge in [0, 0.05) is 6.04 Å². The van der Waals surface area contributed by atoms with Crippen LogP contribution in [0.4, 0.5) is 0 Å². The topological polar surface area (TPSA) is 91.6 Å². The van der Waals surface area contributed by atoms with Gasteiger partial charge in [0.2, 0.25) is 11.7 Å². The Labute approximate surface area is 112 Å². The molecule has 1 heterocycles. The smallest absolute Gasteiger partial charge is 0.371 e. The number of amides is 1. The van der Waals surface area contributed by atoms with Crippen molar-refractivity contribution in [3.63, 3.8) is 0 Å². The Hall–Kier alpha value is -1.82. The van der Waals surface area contributed by atoms with E-state index < -0.39 is 12.0 Å². The Morgan fingerprint density at radius 2 is 1.84 bits per heavy atom. The normalized spacial score (nSPS) is 14.2. The number of hydrogen-bond acceptors (Lipinski definition) is 4. The Balaban J connectivity index is 2.60. The second-order valence-electron chi connectivity index (χ2n) is 4.78. The molecule has 0 aliphatic carbocycles. The second-order valence-corrected chi connectivity index (χ2v) is 4.78. The molecule has 0 saturated heterocycles. The highest BCUT2D eigenvalue weighted by Gasteiger charge is 2.19. The van der Waals surface area contributed by atoms with Crippen LogP contribution in [0.2, 0.25) is 0 Å². The molecule has 1 amide bonds. The van der Waals surface area contributed by atoms with E-state index in [-0.39, 0.29) is 23.8 Å². The number of aromatic carboxylic acids is 1. The molecule has 1 aromatic heterocycles. The third-order valence-electron chi connectivity index (χ3n) is 2.59. The maximum absolute atomic E-state index is 11.7. The Morgan fingerprint density at radius 1 is 1.21 bits per heavy atom. The summed E-state index contributed by atoms with van der Waals surface area (Å²) in [5, 5.41) is 14.6. The predicted octanol–water partition coefficient (Wildman–Crippen LogP) is 1.54. The SMILES string of the molecule is CC(C)NC(=O)C(C)NC(C)c1ccc(C(=O)O)o1. The third kappa shape index (κ3) is 4.40. The zero-order chi connectivity index (χ0) is 14.6. The van der Waals surface area contributed by atoms with Gasteiger partial charge in [-0.25, -0.2) is 4.79 Å². The van der Waals surface area contributed by atoms with E-state index in [2.05, 4.69) is 10.6 Å². The molecule has 0 spiro atoms. The van der Waals surface area contributed by atoms with E-state index in [9.17, 15) is 9.59 Å². The zero-order valence-electron chi connectivity index (χ0n) is 11.6. The average Bonchev–Trinajstić information content (AvgIpc) is 2.77. The Kier molecular flexibility index (Phi) is 5.11. The molecule has 0 radical (unpaired) electrons. The molecule has 1 aromatic rings. The molecular weight excluding hydrogens is 248 g/mol. The van der Waals surface area contributed by atoms with Crippen LogP contribution in [0, 0.1) is 0 Å². The summed E-state index contributed by atoms with van der Waals surface area (Å²) in [6, 6.07) is 2.43. The zero-order valence-corrected chi connectivity index (χ0v) is 11.6. The van der Waals surface area contributed by atoms with Gasteiger partial charge in [0.15, 0.2) is 0 Å². The van der Waals surface area contributed by atoms with Gasteiger partial charge in [-0.05, 0) is 39.8 Å². The van der Waals surface area contributed by atoms with Crippen molar-refractivity contribution < 1.29 is 19.1 Å². The molecule has 0 aliphatic rings. The Morgan fingerprint density at radius 3 is 2.32 bits per heavy atom. The minimum Gasteiger partial charge on any atom is -0.475 e. The van der Waals surface area contributed by atoms with E-state index in [0.717, 1.165) is 0 Å². The lowest BCUT2D eigenvalue weighted by Crippen LogP contribution is -2.45. The minimum absolute atomic E-state index is 0.0780. The molecule has 6 heteroatoms. The maximum Gasteiger partial charge on any atom is 0.371 e. The van der Waals surface area contributed by atoms with Crippen molar-refractivity contribution in [3.8, 4) is 0 Å². The molecule has 0 aromatic carbocycles. The van der Waals surface area contributed by atoms with E-state index >= 15 is 0 Å². The summed E-state index contributed by atoms with van der Waals surface area (Å²) in [4.78, 5) is 22.4. The van der Waals surface area contributed by atoms with Gasteiger partial charge in [-0.3, -0.25) is 10.1 Å². The fraction of sp³-hybridized carbons (Fsp3) is 0.538. The highest BCUT2D eigenvalue weighted by atomic mass is 16.4. The van der Waals surface area contributed by atoms with Gasteiger partial charge in [0.05, 0.1) is 12.1 Å². The molecule has 0 aliphatic heterocycles. The maximum atomic E-state index is 11.7. The minimum atomic E-state index is -1.11. The van der Waals surface area contributed by atoms with Crippen molar-refractivity contribution in [2.24, 2.45) is 0 Å². The van der Waals surface area contributed by atoms with Crippen LogP contribution in [0.1, 0.15) is 50.1 Å². The lowest BCUT2D eigenvalue weighted by atomic mass is 10.2. The number of hydrogen-bond donors (Lipinski definition) is 3. The van der Waals surface area contributed by atoms with Crippen molar-refractivity contribution in [2.75, 3.05) is 0 Å². The van der Waals surface area contributed by atoms with E-state index in [0.29, 0.717) is 5.76 Å². The molecule has 3 N–H and O–H groups in total. The molecule has 0 saturated carbocycles. The van der Waals surface area contributed by atoms with Gasteiger partial charge in [-0.1, -0.05) is 0 Å². The molecule has 2 unspecified atom stereocenters. The summed E-state index contributed by atoms with van der Waals surface area (Å²) < 4.78 is 5.17. The summed E-state index contributed by atoms with van der Waals surface area (Å²) in [6.45, 7) is 7.33. The van der Waals surface area contributed by atoms with Crippen LogP contribution in [0.15, 0.2) is 16.5 Å². The van der Waals surface area contributed by atoms with Crippen LogP contribution < -0.4 is 10.6 Å². The van der Waals surface area contributed by atoms with Crippen LogP contribution >= 0.6 is 0 Å². The summed E-state index contributed by atoms with van der Waals surface area (Å²) in [5.74, 6) is -0.833. The number of nitrogens with one attached hydrogen (secondary N) is 2. The first-order valence-corrected chi connectivity index (χ1v) is 6.20.